The molecule has 5 heteroatoms. The number of hydrogen-bond donors (Lipinski definition) is 3. The molecule has 1 amide bonds. The lowest BCUT2D eigenvalue weighted by Gasteiger charge is -2.27. The second-order valence-electron chi connectivity index (χ2n) is 5.18. The monoisotopic (exact) mass is 282 g/mol. The SMILES string of the molecule is CC(=O)Nc1ccsc1CNCC1CCCCC1O. The first-order chi connectivity index (χ1) is 9.16. The fourth-order valence-electron chi connectivity index (χ4n) is 2.58. The lowest BCUT2D eigenvalue weighted by molar-refractivity contribution is -0.114. The van der Waals surface area contributed by atoms with Crippen LogP contribution in [-0.2, 0) is 11.3 Å². The van der Waals surface area contributed by atoms with Crippen LogP contribution in [-0.4, -0.2) is 23.7 Å². The molecule has 19 heavy (non-hydrogen) atoms. The number of nitrogens with one attached hydrogen (secondary N) is 2. The second kappa shape index (κ2) is 7.03. The minimum atomic E-state index is -0.153. The Bertz CT molecular complexity index is 419. The van der Waals surface area contributed by atoms with Crippen molar-refractivity contribution in [2.75, 3.05) is 11.9 Å². The van der Waals surface area contributed by atoms with Gasteiger partial charge in [-0.1, -0.05) is 12.8 Å². The van der Waals surface area contributed by atoms with Crippen LogP contribution in [0.3, 0.4) is 0 Å². The van der Waals surface area contributed by atoms with Crippen LogP contribution in [0.5, 0.6) is 0 Å². The molecule has 0 aliphatic heterocycles. The molecule has 1 aliphatic rings. The zero-order valence-electron chi connectivity index (χ0n) is 11.3. The number of thiophene rings is 1. The summed E-state index contributed by atoms with van der Waals surface area (Å²) in [4.78, 5) is 12.2. The smallest absolute Gasteiger partial charge is 0.221 e. The van der Waals surface area contributed by atoms with Gasteiger partial charge in [0, 0.05) is 24.9 Å². The van der Waals surface area contributed by atoms with Crippen LogP contribution in [0.2, 0.25) is 0 Å². The number of aliphatic hydroxyl groups excluding tert-OH is 1. The summed E-state index contributed by atoms with van der Waals surface area (Å²) in [7, 11) is 0. The number of anilines is 1. The van der Waals surface area contributed by atoms with Crippen LogP contribution in [0.15, 0.2) is 11.4 Å². The fraction of sp³-hybridized carbons (Fsp3) is 0.643. The summed E-state index contributed by atoms with van der Waals surface area (Å²) in [6, 6.07) is 1.93. The van der Waals surface area contributed by atoms with Crippen molar-refractivity contribution in [2.24, 2.45) is 5.92 Å². The lowest BCUT2D eigenvalue weighted by Crippen LogP contribution is -2.33. The molecule has 1 aromatic rings. The van der Waals surface area contributed by atoms with Gasteiger partial charge in [-0.15, -0.1) is 11.3 Å². The van der Waals surface area contributed by atoms with Gasteiger partial charge >= 0.3 is 0 Å². The zero-order chi connectivity index (χ0) is 13.7. The Morgan fingerprint density at radius 3 is 3.00 bits per heavy atom. The van der Waals surface area contributed by atoms with Crippen molar-refractivity contribution in [2.45, 2.75) is 45.3 Å². The van der Waals surface area contributed by atoms with E-state index in [2.05, 4.69) is 10.6 Å². The molecule has 3 N–H and O–H groups in total. The average molecular weight is 282 g/mol. The predicted molar refractivity (Wildman–Crippen MR) is 78.3 cm³/mol. The third-order valence-corrected chi connectivity index (χ3v) is 4.54. The van der Waals surface area contributed by atoms with Gasteiger partial charge in [-0.05, 0) is 30.2 Å². The van der Waals surface area contributed by atoms with Crippen LogP contribution < -0.4 is 10.6 Å². The largest absolute Gasteiger partial charge is 0.393 e. The van der Waals surface area contributed by atoms with E-state index in [1.165, 1.54) is 13.3 Å². The molecular formula is C14H22N2O2S. The maximum atomic E-state index is 11.1. The third-order valence-electron chi connectivity index (χ3n) is 3.62. The summed E-state index contributed by atoms with van der Waals surface area (Å²) in [6.07, 6.45) is 4.26. The molecule has 0 radical (unpaired) electrons. The van der Waals surface area contributed by atoms with Crippen molar-refractivity contribution in [3.8, 4) is 0 Å². The first-order valence-corrected chi connectivity index (χ1v) is 7.77. The van der Waals surface area contributed by atoms with Crippen LogP contribution in [0.4, 0.5) is 5.69 Å². The highest BCUT2D eigenvalue weighted by Gasteiger charge is 2.22. The molecule has 1 fully saturated rings. The van der Waals surface area contributed by atoms with Crippen LogP contribution >= 0.6 is 11.3 Å². The average Bonchev–Trinajstić information content (AvgIpc) is 2.78. The first-order valence-electron chi connectivity index (χ1n) is 6.89. The van der Waals surface area contributed by atoms with E-state index in [9.17, 15) is 9.90 Å². The summed E-state index contributed by atoms with van der Waals surface area (Å²) >= 11 is 1.64. The molecular weight excluding hydrogens is 260 g/mol. The van der Waals surface area contributed by atoms with Gasteiger partial charge in [0.1, 0.15) is 0 Å². The van der Waals surface area contributed by atoms with Gasteiger partial charge in [-0.25, -0.2) is 0 Å². The number of hydrogen-bond acceptors (Lipinski definition) is 4. The van der Waals surface area contributed by atoms with E-state index >= 15 is 0 Å². The van der Waals surface area contributed by atoms with Gasteiger partial charge in [0.15, 0.2) is 0 Å². The Morgan fingerprint density at radius 1 is 1.47 bits per heavy atom. The predicted octanol–water partition coefficient (Wildman–Crippen LogP) is 2.35. The van der Waals surface area contributed by atoms with Crippen LogP contribution in [0.25, 0.3) is 0 Å². The first kappa shape index (κ1) is 14.5. The van der Waals surface area contributed by atoms with Crippen molar-refractivity contribution in [1.82, 2.24) is 5.32 Å². The van der Waals surface area contributed by atoms with E-state index in [0.717, 1.165) is 42.9 Å². The van der Waals surface area contributed by atoms with Crippen LogP contribution in [0, 0.1) is 5.92 Å². The topological polar surface area (TPSA) is 61.4 Å². The Hall–Kier alpha value is -0.910. The highest BCUT2D eigenvalue weighted by molar-refractivity contribution is 7.10. The summed E-state index contributed by atoms with van der Waals surface area (Å²) in [5.41, 5.74) is 0.897. The number of aliphatic hydroxyl groups is 1. The molecule has 4 nitrogen and oxygen atoms in total. The normalized spacial score (nSPS) is 23.3. The van der Waals surface area contributed by atoms with E-state index in [1.807, 2.05) is 11.4 Å². The highest BCUT2D eigenvalue weighted by Crippen LogP contribution is 2.25. The highest BCUT2D eigenvalue weighted by atomic mass is 32.1. The molecule has 1 heterocycles. The third kappa shape index (κ3) is 4.30. The number of rotatable bonds is 5. The van der Waals surface area contributed by atoms with Crippen molar-refractivity contribution < 1.29 is 9.90 Å². The molecule has 106 valence electrons. The maximum Gasteiger partial charge on any atom is 0.221 e. The molecule has 1 aromatic heterocycles. The number of carbonyl (C=O) groups is 1. The molecule has 2 unspecified atom stereocenters. The standard InChI is InChI=1S/C14H22N2O2S/c1-10(17)16-12-6-7-19-14(12)9-15-8-11-4-2-3-5-13(11)18/h6-7,11,13,15,18H,2-5,8-9H2,1H3,(H,16,17). The van der Waals surface area contributed by atoms with E-state index in [-0.39, 0.29) is 12.0 Å². The summed E-state index contributed by atoms with van der Waals surface area (Å²) in [5.74, 6) is 0.334. The number of carbonyl (C=O) groups excluding carboxylic acids is 1. The Balaban J connectivity index is 1.79. The van der Waals surface area contributed by atoms with Crippen molar-refractivity contribution >= 4 is 22.9 Å². The Morgan fingerprint density at radius 2 is 2.26 bits per heavy atom. The van der Waals surface area contributed by atoms with Gasteiger partial charge in [-0.3, -0.25) is 4.79 Å². The molecule has 1 saturated carbocycles. The molecule has 1 aliphatic carbocycles. The summed E-state index contributed by atoms with van der Waals surface area (Å²) < 4.78 is 0. The Kier molecular flexibility index (Phi) is 5.36. The second-order valence-corrected chi connectivity index (χ2v) is 6.18. The summed E-state index contributed by atoms with van der Waals surface area (Å²) in [5, 5.41) is 18.1. The zero-order valence-corrected chi connectivity index (χ0v) is 12.1. The van der Waals surface area contributed by atoms with Gasteiger partial charge < -0.3 is 15.7 Å². The molecule has 2 rings (SSSR count). The van der Waals surface area contributed by atoms with Crippen molar-refractivity contribution in [1.29, 1.82) is 0 Å². The number of amides is 1. The van der Waals surface area contributed by atoms with Gasteiger partial charge in [0.2, 0.25) is 5.91 Å². The van der Waals surface area contributed by atoms with Gasteiger partial charge in [0.25, 0.3) is 0 Å². The molecule has 0 saturated heterocycles. The molecule has 0 aromatic carbocycles. The van der Waals surface area contributed by atoms with E-state index in [4.69, 9.17) is 0 Å². The van der Waals surface area contributed by atoms with Crippen molar-refractivity contribution in [3.05, 3.63) is 16.3 Å². The van der Waals surface area contributed by atoms with Gasteiger partial charge in [-0.2, -0.15) is 0 Å². The van der Waals surface area contributed by atoms with Gasteiger partial charge in [0.05, 0.1) is 11.8 Å². The summed E-state index contributed by atoms with van der Waals surface area (Å²) in [6.45, 7) is 3.11. The molecule has 2 atom stereocenters. The maximum absolute atomic E-state index is 11.1. The minimum Gasteiger partial charge on any atom is -0.393 e. The quantitative estimate of drug-likeness (QED) is 0.777. The minimum absolute atomic E-state index is 0.0395. The lowest BCUT2D eigenvalue weighted by atomic mass is 9.86. The van der Waals surface area contributed by atoms with E-state index in [0.29, 0.717) is 5.92 Å². The van der Waals surface area contributed by atoms with E-state index in [1.54, 1.807) is 11.3 Å². The van der Waals surface area contributed by atoms with Crippen LogP contribution in [0.1, 0.15) is 37.5 Å². The fourth-order valence-corrected chi connectivity index (χ4v) is 3.38. The van der Waals surface area contributed by atoms with E-state index < -0.39 is 0 Å². The Labute approximate surface area is 118 Å². The molecule has 0 spiro atoms. The molecule has 0 bridgehead atoms. The van der Waals surface area contributed by atoms with Crippen molar-refractivity contribution in [3.63, 3.8) is 0 Å².